The molecule has 3 aromatic rings. The van der Waals surface area contributed by atoms with Gasteiger partial charge >= 0.3 is 0 Å². The third-order valence-electron chi connectivity index (χ3n) is 3.51. The SMILES string of the molecule is COc1ccc(-c2ccccc2OOCc2ccccc2)cc1. The summed E-state index contributed by atoms with van der Waals surface area (Å²) < 4.78 is 5.19. The molecule has 3 aromatic carbocycles. The number of para-hydroxylation sites is 1. The Morgan fingerprint density at radius 2 is 1.43 bits per heavy atom. The Hall–Kier alpha value is -2.78. The maximum Gasteiger partial charge on any atom is 0.173 e. The maximum atomic E-state index is 5.52. The minimum Gasteiger partial charge on any atom is -0.497 e. The van der Waals surface area contributed by atoms with Crippen molar-refractivity contribution < 1.29 is 14.5 Å². The third-order valence-corrected chi connectivity index (χ3v) is 3.51. The lowest BCUT2D eigenvalue weighted by Crippen LogP contribution is -1.99. The normalized spacial score (nSPS) is 10.3. The molecule has 23 heavy (non-hydrogen) atoms. The van der Waals surface area contributed by atoms with Gasteiger partial charge in [-0.3, -0.25) is 0 Å². The van der Waals surface area contributed by atoms with E-state index in [1.807, 2.05) is 78.9 Å². The second-order valence-corrected chi connectivity index (χ2v) is 5.06. The number of rotatable bonds is 6. The number of methoxy groups -OCH3 is 1. The molecule has 0 heterocycles. The van der Waals surface area contributed by atoms with Crippen molar-refractivity contribution in [3.05, 3.63) is 84.4 Å². The lowest BCUT2D eigenvalue weighted by atomic mass is 10.0. The molecule has 3 rings (SSSR count). The second kappa shape index (κ2) is 7.47. The highest BCUT2D eigenvalue weighted by Crippen LogP contribution is 2.31. The highest BCUT2D eigenvalue weighted by Gasteiger charge is 2.07. The molecule has 0 saturated carbocycles. The standard InChI is InChI=1S/C20H18O3/c1-21-18-13-11-17(12-14-18)19-9-5-6-10-20(19)23-22-15-16-7-3-2-4-8-16/h2-14H,15H2,1H3. The van der Waals surface area contributed by atoms with E-state index in [0.717, 1.165) is 22.4 Å². The molecule has 3 heteroatoms. The van der Waals surface area contributed by atoms with Gasteiger partial charge in [-0.2, -0.15) is 4.89 Å². The van der Waals surface area contributed by atoms with Crippen LogP contribution in [0.2, 0.25) is 0 Å². The van der Waals surface area contributed by atoms with Gasteiger partial charge in [0.2, 0.25) is 0 Å². The average Bonchev–Trinajstić information content (AvgIpc) is 2.63. The summed E-state index contributed by atoms with van der Waals surface area (Å²) in [6.45, 7) is 0.401. The molecule has 0 bridgehead atoms. The first-order chi connectivity index (χ1) is 11.4. The molecule has 3 nitrogen and oxygen atoms in total. The molecular weight excluding hydrogens is 288 g/mol. The molecule has 0 radical (unpaired) electrons. The monoisotopic (exact) mass is 306 g/mol. The first-order valence-corrected chi connectivity index (χ1v) is 7.43. The van der Waals surface area contributed by atoms with Crippen molar-refractivity contribution in [3.8, 4) is 22.6 Å². The van der Waals surface area contributed by atoms with Crippen molar-refractivity contribution in [1.82, 2.24) is 0 Å². The van der Waals surface area contributed by atoms with Gasteiger partial charge in [0, 0.05) is 5.56 Å². The summed E-state index contributed by atoms with van der Waals surface area (Å²) >= 11 is 0. The zero-order valence-corrected chi connectivity index (χ0v) is 12.9. The summed E-state index contributed by atoms with van der Waals surface area (Å²) in [5.41, 5.74) is 3.09. The lowest BCUT2D eigenvalue weighted by molar-refractivity contribution is -0.217. The molecule has 0 atom stereocenters. The van der Waals surface area contributed by atoms with Crippen molar-refractivity contribution in [2.75, 3.05) is 7.11 Å². The summed E-state index contributed by atoms with van der Waals surface area (Å²) in [5, 5.41) is 0. The molecule has 0 spiro atoms. The first kappa shape index (κ1) is 15.1. The Morgan fingerprint density at radius 1 is 0.739 bits per heavy atom. The van der Waals surface area contributed by atoms with E-state index in [2.05, 4.69) is 0 Å². The topological polar surface area (TPSA) is 27.7 Å². The Kier molecular flexibility index (Phi) is 4.92. The first-order valence-electron chi connectivity index (χ1n) is 7.43. The van der Waals surface area contributed by atoms with Crippen LogP contribution < -0.4 is 9.62 Å². The van der Waals surface area contributed by atoms with Crippen LogP contribution in [0.25, 0.3) is 11.1 Å². The number of hydrogen-bond donors (Lipinski definition) is 0. The highest BCUT2D eigenvalue weighted by atomic mass is 17.2. The van der Waals surface area contributed by atoms with Crippen LogP contribution in [0.15, 0.2) is 78.9 Å². The Morgan fingerprint density at radius 3 is 2.17 bits per heavy atom. The zero-order valence-electron chi connectivity index (χ0n) is 12.9. The third kappa shape index (κ3) is 3.90. The van der Waals surface area contributed by atoms with E-state index in [4.69, 9.17) is 14.5 Å². The molecule has 0 aliphatic heterocycles. The van der Waals surface area contributed by atoms with Gasteiger partial charge in [-0.05, 0) is 29.3 Å². The number of ether oxygens (including phenoxy) is 1. The van der Waals surface area contributed by atoms with E-state index < -0.39 is 0 Å². The molecule has 0 fully saturated rings. The molecule has 0 N–H and O–H groups in total. The zero-order chi connectivity index (χ0) is 15.9. The Balaban J connectivity index is 1.72. The van der Waals surface area contributed by atoms with Crippen LogP contribution in [0.1, 0.15) is 5.56 Å². The molecule has 0 amide bonds. The van der Waals surface area contributed by atoms with Crippen LogP contribution in [0.3, 0.4) is 0 Å². The lowest BCUT2D eigenvalue weighted by Gasteiger charge is -2.10. The van der Waals surface area contributed by atoms with Crippen molar-refractivity contribution in [2.24, 2.45) is 0 Å². The van der Waals surface area contributed by atoms with Crippen LogP contribution in [-0.4, -0.2) is 7.11 Å². The smallest absolute Gasteiger partial charge is 0.173 e. The molecule has 0 unspecified atom stereocenters. The number of hydrogen-bond acceptors (Lipinski definition) is 3. The maximum absolute atomic E-state index is 5.52. The predicted octanol–water partition coefficient (Wildman–Crippen LogP) is 4.87. The van der Waals surface area contributed by atoms with Gasteiger partial charge in [-0.25, -0.2) is 0 Å². The fourth-order valence-electron chi connectivity index (χ4n) is 2.28. The van der Waals surface area contributed by atoms with E-state index in [1.165, 1.54) is 0 Å². The summed E-state index contributed by atoms with van der Waals surface area (Å²) in [5.74, 6) is 1.51. The van der Waals surface area contributed by atoms with Gasteiger partial charge in [-0.15, -0.1) is 0 Å². The van der Waals surface area contributed by atoms with Crippen molar-refractivity contribution in [1.29, 1.82) is 0 Å². The van der Waals surface area contributed by atoms with E-state index in [1.54, 1.807) is 7.11 Å². The molecule has 0 aliphatic carbocycles. The Labute approximate surface area is 136 Å². The fraction of sp³-hybridized carbons (Fsp3) is 0.100. The van der Waals surface area contributed by atoms with Crippen LogP contribution in [0.5, 0.6) is 11.5 Å². The van der Waals surface area contributed by atoms with E-state index in [0.29, 0.717) is 12.4 Å². The largest absolute Gasteiger partial charge is 0.497 e. The molecular formula is C20H18O3. The van der Waals surface area contributed by atoms with Gasteiger partial charge < -0.3 is 9.62 Å². The average molecular weight is 306 g/mol. The molecule has 0 saturated heterocycles. The van der Waals surface area contributed by atoms with Crippen molar-refractivity contribution >= 4 is 0 Å². The van der Waals surface area contributed by atoms with Gasteiger partial charge in [-0.1, -0.05) is 60.7 Å². The fourth-order valence-corrected chi connectivity index (χ4v) is 2.28. The Bertz CT molecular complexity index is 736. The quantitative estimate of drug-likeness (QED) is 0.480. The van der Waals surface area contributed by atoms with E-state index in [9.17, 15) is 0 Å². The minimum atomic E-state index is 0.401. The van der Waals surface area contributed by atoms with Gasteiger partial charge in [0.1, 0.15) is 12.4 Å². The van der Waals surface area contributed by atoms with Gasteiger partial charge in [0.15, 0.2) is 5.75 Å². The summed E-state index contributed by atoms with van der Waals surface area (Å²) in [6.07, 6.45) is 0. The van der Waals surface area contributed by atoms with Crippen LogP contribution in [0, 0.1) is 0 Å². The van der Waals surface area contributed by atoms with E-state index in [-0.39, 0.29) is 0 Å². The van der Waals surface area contributed by atoms with Crippen molar-refractivity contribution in [2.45, 2.75) is 6.61 Å². The number of benzene rings is 3. The molecule has 0 aromatic heterocycles. The summed E-state index contributed by atoms with van der Waals surface area (Å²) in [7, 11) is 1.66. The van der Waals surface area contributed by atoms with Crippen LogP contribution in [0.4, 0.5) is 0 Å². The molecule has 116 valence electrons. The van der Waals surface area contributed by atoms with E-state index >= 15 is 0 Å². The predicted molar refractivity (Wildman–Crippen MR) is 90.3 cm³/mol. The van der Waals surface area contributed by atoms with Gasteiger partial charge in [0.05, 0.1) is 7.11 Å². The van der Waals surface area contributed by atoms with Crippen molar-refractivity contribution in [3.63, 3.8) is 0 Å². The minimum absolute atomic E-state index is 0.401. The van der Waals surface area contributed by atoms with Crippen LogP contribution in [-0.2, 0) is 11.5 Å². The highest BCUT2D eigenvalue weighted by molar-refractivity contribution is 5.70. The molecule has 0 aliphatic rings. The summed E-state index contributed by atoms with van der Waals surface area (Å²) in [6, 6.07) is 25.6. The second-order valence-electron chi connectivity index (χ2n) is 5.06. The summed E-state index contributed by atoms with van der Waals surface area (Å²) in [4.78, 5) is 10.9. The van der Waals surface area contributed by atoms with Gasteiger partial charge in [0.25, 0.3) is 0 Å². The van der Waals surface area contributed by atoms with Crippen LogP contribution >= 0.6 is 0 Å².